The molecule has 0 radical (unpaired) electrons. The Morgan fingerprint density at radius 1 is 1.41 bits per heavy atom. The van der Waals surface area contributed by atoms with Crippen LogP contribution in [0.2, 0.25) is 5.02 Å². The Morgan fingerprint density at radius 2 is 2.19 bits per heavy atom. The van der Waals surface area contributed by atoms with Gasteiger partial charge in [-0.2, -0.15) is 4.37 Å². The van der Waals surface area contributed by atoms with Gasteiger partial charge in [-0.15, -0.1) is 0 Å². The van der Waals surface area contributed by atoms with Gasteiger partial charge in [-0.1, -0.05) is 11.6 Å². The lowest BCUT2D eigenvalue weighted by Crippen LogP contribution is -2.41. The predicted molar refractivity (Wildman–Crippen MR) is 103 cm³/mol. The number of halogens is 1. The van der Waals surface area contributed by atoms with E-state index in [2.05, 4.69) is 9.69 Å². The van der Waals surface area contributed by atoms with Crippen molar-refractivity contribution >= 4 is 45.8 Å². The van der Waals surface area contributed by atoms with E-state index in [1.807, 2.05) is 0 Å². The van der Waals surface area contributed by atoms with Gasteiger partial charge in [0.1, 0.15) is 12.3 Å². The molecule has 0 saturated heterocycles. The van der Waals surface area contributed by atoms with E-state index in [4.69, 9.17) is 16.3 Å². The summed E-state index contributed by atoms with van der Waals surface area (Å²) in [5, 5.41) is 4.74. The van der Waals surface area contributed by atoms with Crippen LogP contribution in [0.5, 0.6) is 5.75 Å². The number of amides is 1. The number of carbonyl (C=O) groups excluding carboxylic acids is 1. The van der Waals surface area contributed by atoms with Crippen molar-refractivity contribution in [1.29, 1.82) is 0 Å². The number of rotatable bonds is 5. The predicted octanol–water partition coefficient (Wildman–Crippen LogP) is 2.26. The fraction of sp³-hybridized carbons (Fsp3) is 0.294. The van der Waals surface area contributed by atoms with E-state index in [1.54, 1.807) is 23.6 Å². The first-order chi connectivity index (χ1) is 13.0. The van der Waals surface area contributed by atoms with E-state index in [0.29, 0.717) is 22.0 Å². The Labute approximate surface area is 162 Å². The largest absolute Gasteiger partial charge is 0.495 e. The van der Waals surface area contributed by atoms with Gasteiger partial charge >= 0.3 is 5.69 Å². The molecule has 1 saturated carbocycles. The number of hydrogen-bond donors (Lipinski definition) is 1. The monoisotopic (exact) mass is 406 g/mol. The Kier molecular flexibility index (Phi) is 4.48. The molecule has 1 fully saturated rings. The lowest BCUT2D eigenvalue weighted by molar-refractivity contribution is -0.116. The molecule has 1 aliphatic rings. The molecule has 0 bridgehead atoms. The first kappa shape index (κ1) is 17.7. The number of aromatic nitrogens is 3. The Morgan fingerprint density at radius 3 is 2.89 bits per heavy atom. The molecule has 27 heavy (non-hydrogen) atoms. The topological polar surface area (TPSA) is 95.2 Å². The van der Waals surface area contributed by atoms with E-state index < -0.39 is 17.2 Å². The SMILES string of the molecule is COc1ccc(Cl)cc1NC(=O)Cn1c(=O)n(C2CC2)c(=O)c2nscc21. The molecule has 0 unspecified atom stereocenters. The minimum absolute atomic E-state index is 0.113. The number of benzene rings is 1. The van der Waals surface area contributed by atoms with Gasteiger partial charge in [-0.25, -0.2) is 4.79 Å². The Hall–Kier alpha value is -2.65. The maximum absolute atomic E-state index is 12.8. The zero-order valence-electron chi connectivity index (χ0n) is 14.3. The molecule has 1 aliphatic carbocycles. The van der Waals surface area contributed by atoms with Crippen LogP contribution in [0.15, 0.2) is 33.2 Å². The molecule has 140 valence electrons. The van der Waals surface area contributed by atoms with Gasteiger partial charge in [-0.3, -0.25) is 18.7 Å². The number of nitrogens with one attached hydrogen (secondary N) is 1. The van der Waals surface area contributed by atoms with Crippen LogP contribution < -0.4 is 21.3 Å². The highest BCUT2D eigenvalue weighted by Gasteiger charge is 2.29. The number of carbonyl (C=O) groups is 1. The summed E-state index contributed by atoms with van der Waals surface area (Å²) in [6.45, 7) is -0.254. The van der Waals surface area contributed by atoms with Crippen LogP contribution >= 0.6 is 23.1 Å². The standard InChI is InChI=1S/C17H15ClN4O4S/c1-26-13-5-2-9(18)6-11(13)19-14(23)7-21-12-8-27-20-15(12)16(24)22(17(21)25)10-3-4-10/h2,5-6,8,10H,3-4,7H2,1H3,(H,19,23). The number of fused-ring (bicyclic) bond motifs is 1. The lowest BCUT2D eigenvalue weighted by atomic mass is 10.3. The molecule has 0 aliphatic heterocycles. The molecular formula is C17H15ClN4O4S. The van der Waals surface area contributed by atoms with Crippen molar-refractivity contribution in [2.24, 2.45) is 0 Å². The number of nitrogens with zero attached hydrogens (tertiary/aromatic N) is 3. The van der Waals surface area contributed by atoms with Crippen molar-refractivity contribution in [1.82, 2.24) is 13.5 Å². The van der Waals surface area contributed by atoms with Crippen LogP contribution in [0.25, 0.3) is 11.0 Å². The third-order valence-corrected chi connectivity index (χ3v) is 5.20. The second-order valence-corrected chi connectivity index (χ2v) is 7.28. The summed E-state index contributed by atoms with van der Waals surface area (Å²) in [5.41, 5.74) is 0.0772. The molecule has 2 aromatic heterocycles. The zero-order chi connectivity index (χ0) is 19.1. The highest BCUT2D eigenvalue weighted by molar-refractivity contribution is 7.04. The van der Waals surface area contributed by atoms with Crippen LogP contribution in [0.4, 0.5) is 5.69 Å². The summed E-state index contributed by atoms with van der Waals surface area (Å²) in [6.07, 6.45) is 1.55. The van der Waals surface area contributed by atoms with Crippen molar-refractivity contribution in [3.8, 4) is 5.75 Å². The summed E-state index contributed by atoms with van der Waals surface area (Å²) < 4.78 is 11.8. The van der Waals surface area contributed by atoms with E-state index in [0.717, 1.165) is 24.4 Å². The molecule has 4 rings (SSSR count). The lowest BCUT2D eigenvalue weighted by Gasteiger charge is -2.13. The van der Waals surface area contributed by atoms with Crippen molar-refractivity contribution in [3.63, 3.8) is 0 Å². The van der Waals surface area contributed by atoms with Crippen LogP contribution in [0.1, 0.15) is 18.9 Å². The molecule has 8 nitrogen and oxygen atoms in total. The third kappa shape index (κ3) is 3.24. The second-order valence-electron chi connectivity index (χ2n) is 6.22. The van der Waals surface area contributed by atoms with Gasteiger partial charge in [0.25, 0.3) is 5.56 Å². The summed E-state index contributed by atoms with van der Waals surface area (Å²) in [7, 11) is 1.48. The van der Waals surface area contributed by atoms with Crippen LogP contribution in [-0.2, 0) is 11.3 Å². The molecule has 1 amide bonds. The minimum atomic E-state index is -0.497. The van der Waals surface area contributed by atoms with Gasteiger partial charge < -0.3 is 10.1 Å². The number of anilines is 1. The Balaban J connectivity index is 1.71. The highest BCUT2D eigenvalue weighted by Crippen LogP contribution is 2.32. The molecule has 3 aromatic rings. The fourth-order valence-electron chi connectivity index (χ4n) is 2.92. The van der Waals surface area contributed by atoms with Gasteiger partial charge in [-0.05, 0) is 42.6 Å². The molecule has 0 spiro atoms. The second kappa shape index (κ2) is 6.82. The summed E-state index contributed by atoms with van der Waals surface area (Å²) >= 11 is 7.06. The van der Waals surface area contributed by atoms with Crippen molar-refractivity contribution < 1.29 is 9.53 Å². The average Bonchev–Trinajstić information content (AvgIpc) is 3.33. The van der Waals surface area contributed by atoms with Crippen LogP contribution in [0, 0.1) is 0 Å². The van der Waals surface area contributed by atoms with E-state index in [1.165, 1.54) is 16.2 Å². The smallest absolute Gasteiger partial charge is 0.332 e. The summed E-state index contributed by atoms with van der Waals surface area (Å²) in [5.74, 6) is 0.0107. The molecule has 1 N–H and O–H groups in total. The zero-order valence-corrected chi connectivity index (χ0v) is 15.8. The summed E-state index contributed by atoms with van der Waals surface area (Å²) in [6, 6.07) is 4.73. The maximum Gasteiger partial charge on any atom is 0.332 e. The number of hydrogen-bond acceptors (Lipinski definition) is 6. The number of methoxy groups -OCH3 is 1. The first-order valence-corrected chi connectivity index (χ1v) is 9.44. The molecular weight excluding hydrogens is 392 g/mol. The minimum Gasteiger partial charge on any atom is -0.495 e. The van der Waals surface area contributed by atoms with Crippen LogP contribution in [0.3, 0.4) is 0 Å². The number of ether oxygens (including phenoxy) is 1. The van der Waals surface area contributed by atoms with Gasteiger partial charge in [0.2, 0.25) is 5.91 Å². The quantitative estimate of drug-likeness (QED) is 0.701. The van der Waals surface area contributed by atoms with E-state index >= 15 is 0 Å². The maximum atomic E-state index is 12.8. The van der Waals surface area contributed by atoms with Gasteiger partial charge in [0.05, 0.1) is 18.3 Å². The van der Waals surface area contributed by atoms with E-state index in [9.17, 15) is 14.4 Å². The summed E-state index contributed by atoms with van der Waals surface area (Å²) in [4.78, 5) is 37.9. The van der Waals surface area contributed by atoms with Gasteiger partial charge in [0, 0.05) is 16.4 Å². The van der Waals surface area contributed by atoms with Gasteiger partial charge in [0.15, 0.2) is 5.52 Å². The van der Waals surface area contributed by atoms with E-state index in [-0.39, 0.29) is 18.1 Å². The first-order valence-electron chi connectivity index (χ1n) is 8.22. The average molecular weight is 407 g/mol. The molecule has 10 heteroatoms. The van der Waals surface area contributed by atoms with Crippen LogP contribution in [-0.4, -0.2) is 26.5 Å². The molecule has 0 atom stereocenters. The fourth-order valence-corrected chi connectivity index (χ4v) is 3.76. The van der Waals surface area contributed by atoms with Crippen molar-refractivity contribution in [3.05, 3.63) is 49.4 Å². The Bertz CT molecular complexity index is 1160. The normalized spacial score (nSPS) is 13.7. The van der Waals surface area contributed by atoms with Crippen molar-refractivity contribution in [2.75, 3.05) is 12.4 Å². The molecule has 2 heterocycles. The highest BCUT2D eigenvalue weighted by atomic mass is 35.5. The molecule has 1 aromatic carbocycles. The third-order valence-electron chi connectivity index (χ3n) is 4.35. The van der Waals surface area contributed by atoms with Crippen molar-refractivity contribution in [2.45, 2.75) is 25.4 Å².